The van der Waals surface area contributed by atoms with Crippen LogP contribution < -0.4 is 0 Å². The highest BCUT2D eigenvalue weighted by Crippen LogP contribution is 2.45. The van der Waals surface area contributed by atoms with Gasteiger partial charge in [0.25, 0.3) is 0 Å². The molecule has 0 nitrogen and oxygen atoms in total. The third-order valence-corrected chi connectivity index (χ3v) is 3.76. The molecule has 0 aliphatic heterocycles. The Morgan fingerprint density at radius 2 is 1.25 bits per heavy atom. The largest absolute Gasteiger partial charge is 0.247 e. The van der Waals surface area contributed by atoms with Gasteiger partial charge in [0.15, 0.2) is 0 Å². The van der Waals surface area contributed by atoms with Crippen molar-refractivity contribution in [2.75, 3.05) is 0 Å². The molecule has 0 rings (SSSR count). The third kappa shape index (κ3) is 2.21. The number of halogens is 1. The summed E-state index contributed by atoms with van der Waals surface area (Å²) in [7, 11) is 0. The van der Waals surface area contributed by atoms with Crippen LogP contribution in [0.25, 0.3) is 0 Å². The Kier molecular flexibility index (Phi) is 3.33. The Morgan fingerprint density at radius 3 is 1.33 bits per heavy atom. The first-order valence-electron chi connectivity index (χ1n) is 4.74. The van der Waals surface area contributed by atoms with Crippen molar-refractivity contribution in [3.8, 4) is 0 Å². The summed E-state index contributed by atoms with van der Waals surface area (Å²) in [4.78, 5) is 0. The summed E-state index contributed by atoms with van der Waals surface area (Å²) in [6, 6.07) is 0. The van der Waals surface area contributed by atoms with Crippen LogP contribution in [0.2, 0.25) is 0 Å². The molecule has 0 saturated carbocycles. The van der Waals surface area contributed by atoms with E-state index >= 15 is 0 Å². The second-order valence-electron chi connectivity index (χ2n) is 5.44. The molecule has 0 N–H and O–H groups in total. The average Bonchev–Trinajstić information content (AvgIpc) is 1.83. The standard InChI is InChI=1S/C11H23F/c1-8(9(2)12)11(6,7)10(3,4)5/h8-9H,1-7H3. The summed E-state index contributed by atoms with van der Waals surface area (Å²) in [5.41, 5.74) is 0.202. The molecular weight excluding hydrogens is 151 g/mol. The van der Waals surface area contributed by atoms with Crippen molar-refractivity contribution in [1.82, 2.24) is 0 Å². The lowest BCUT2D eigenvalue weighted by molar-refractivity contribution is 0.0221. The van der Waals surface area contributed by atoms with Gasteiger partial charge in [0.1, 0.15) is 6.17 Å². The lowest BCUT2D eigenvalue weighted by Crippen LogP contribution is -2.39. The maximum Gasteiger partial charge on any atom is 0.100 e. The number of alkyl halides is 1. The molecule has 0 spiro atoms. The Hall–Kier alpha value is -0.0700. The molecule has 0 amide bonds. The predicted molar refractivity (Wildman–Crippen MR) is 53.0 cm³/mol. The van der Waals surface area contributed by atoms with E-state index in [-0.39, 0.29) is 16.7 Å². The number of rotatable bonds is 2. The van der Waals surface area contributed by atoms with Crippen LogP contribution in [0.15, 0.2) is 0 Å². The molecule has 2 atom stereocenters. The molecule has 0 aliphatic carbocycles. The van der Waals surface area contributed by atoms with Gasteiger partial charge < -0.3 is 0 Å². The highest BCUT2D eigenvalue weighted by atomic mass is 19.1. The van der Waals surface area contributed by atoms with Gasteiger partial charge in [-0.3, -0.25) is 0 Å². The third-order valence-electron chi connectivity index (χ3n) is 3.76. The monoisotopic (exact) mass is 174 g/mol. The molecule has 0 radical (unpaired) electrons. The van der Waals surface area contributed by atoms with Crippen LogP contribution in [0.5, 0.6) is 0 Å². The maximum absolute atomic E-state index is 13.1. The zero-order valence-corrected chi connectivity index (χ0v) is 9.53. The van der Waals surface area contributed by atoms with E-state index in [1.165, 1.54) is 0 Å². The molecule has 74 valence electrons. The number of hydrogen-bond donors (Lipinski definition) is 0. The fourth-order valence-electron chi connectivity index (χ4n) is 1.26. The zero-order valence-electron chi connectivity index (χ0n) is 9.53. The average molecular weight is 174 g/mol. The SMILES string of the molecule is CC(F)C(C)C(C)(C)C(C)(C)C. The van der Waals surface area contributed by atoms with Crippen molar-refractivity contribution in [3.63, 3.8) is 0 Å². The molecule has 0 heterocycles. The van der Waals surface area contributed by atoms with Crippen LogP contribution in [0.4, 0.5) is 4.39 Å². The van der Waals surface area contributed by atoms with E-state index in [0.717, 1.165) is 0 Å². The second-order valence-corrected chi connectivity index (χ2v) is 5.44. The van der Waals surface area contributed by atoms with E-state index in [0.29, 0.717) is 0 Å². The quantitative estimate of drug-likeness (QED) is 0.592. The van der Waals surface area contributed by atoms with Gasteiger partial charge in [0.2, 0.25) is 0 Å². The zero-order chi connectivity index (χ0) is 10.2. The topological polar surface area (TPSA) is 0 Å². The van der Waals surface area contributed by atoms with Crippen LogP contribution in [-0.4, -0.2) is 6.17 Å². The fourth-order valence-corrected chi connectivity index (χ4v) is 1.26. The molecule has 0 aliphatic rings. The molecule has 0 aromatic heterocycles. The van der Waals surface area contributed by atoms with Gasteiger partial charge in [-0.2, -0.15) is 0 Å². The Labute approximate surface area is 76.6 Å². The molecule has 12 heavy (non-hydrogen) atoms. The maximum atomic E-state index is 13.1. The normalized spacial score (nSPS) is 19.0. The van der Waals surface area contributed by atoms with E-state index in [1.54, 1.807) is 6.92 Å². The van der Waals surface area contributed by atoms with E-state index in [2.05, 4.69) is 34.6 Å². The van der Waals surface area contributed by atoms with Crippen molar-refractivity contribution in [3.05, 3.63) is 0 Å². The van der Waals surface area contributed by atoms with E-state index in [9.17, 15) is 4.39 Å². The summed E-state index contributed by atoms with van der Waals surface area (Å²) < 4.78 is 13.1. The van der Waals surface area contributed by atoms with Crippen LogP contribution in [0, 0.1) is 16.7 Å². The Morgan fingerprint density at radius 1 is 0.917 bits per heavy atom. The summed E-state index contributed by atoms with van der Waals surface area (Å²) in [5.74, 6) is 0.109. The molecular formula is C11H23F. The van der Waals surface area contributed by atoms with E-state index in [4.69, 9.17) is 0 Å². The first kappa shape index (κ1) is 11.9. The highest BCUT2D eigenvalue weighted by molar-refractivity contribution is 4.88. The Balaban J connectivity index is 4.61. The molecule has 2 unspecified atom stereocenters. The first-order chi connectivity index (χ1) is 5.10. The minimum atomic E-state index is -0.723. The van der Waals surface area contributed by atoms with Crippen LogP contribution in [-0.2, 0) is 0 Å². The Bertz CT molecular complexity index is 140. The van der Waals surface area contributed by atoms with Crippen molar-refractivity contribution in [1.29, 1.82) is 0 Å². The van der Waals surface area contributed by atoms with Crippen LogP contribution in [0.3, 0.4) is 0 Å². The smallest absolute Gasteiger partial charge is 0.100 e. The second kappa shape index (κ2) is 3.35. The summed E-state index contributed by atoms with van der Waals surface area (Å²) in [6.07, 6.45) is -0.723. The van der Waals surface area contributed by atoms with Crippen LogP contribution in [0.1, 0.15) is 48.5 Å². The molecule has 1 heteroatoms. The van der Waals surface area contributed by atoms with Gasteiger partial charge in [0, 0.05) is 0 Å². The summed E-state index contributed by atoms with van der Waals surface area (Å²) >= 11 is 0. The summed E-state index contributed by atoms with van der Waals surface area (Å²) in [6.45, 7) is 14.5. The first-order valence-corrected chi connectivity index (χ1v) is 4.74. The molecule has 0 saturated heterocycles. The lowest BCUT2D eigenvalue weighted by Gasteiger charge is -2.44. The summed E-state index contributed by atoms with van der Waals surface area (Å²) in [5, 5.41) is 0. The predicted octanol–water partition coefficient (Wildman–Crippen LogP) is 4.05. The molecule has 0 aromatic rings. The molecule has 0 aromatic carbocycles. The van der Waals surface area contributed by atoms with Gasteiger partial charge in [-0.05, 0) is 23.7 Å². The molecule has 0 fully saturated rings. The minimum absolute atomic E-state index is 0.0428. The van der Waals surface area contributed by atoms with Gasteiger partial charge in [-0.1, -0.05) is 41.5 Å². The van der Waals surface area contributed by atoms with Gasteiger partial charge in [-0.25, -0.2) is 4.39 Å². The minimum Gasteiger partial charge on any atom is -0.247 e. The van der Waals surface area contributed by atoms with Crippen molar-refractivity contribution < 1.29 is 4.39 Å². The van der Waals surface area contributed by atoms with Crippen molar-refractivity contribution >= 4 is 0 Å². The van der Waals surface area contributed by atoms with E-state index < -0.39 is 6.17 Å². The van der Waals surface area contributed by atoms with Crippen LogP contribution >= 0.6 is 0 Å². The van der Waals surface area contributed by atoms with Gasteiger partial charge in [0.05, 0.1) is 0 Å². The van der Waals surface area contributed by atoms with E-state index in [1.807, 2.05) is 6.92 Å². The van der Waals surface area contributed by atoms with Crippen molar-refractivity contribution in [2.24, 2.45) is 16.7 Å². The lowest BCUT2D eigenvalue weighted by atomic mass is 9.61. The number of hydrogen-bond acceptors (Lipinski definition) is 0. The van der Waals surface area contributed by atoms with Crippen molar-refractivity contribution in [2.45, 2.75) is 54.6 Å². The molecule has 0 bridgehead atoms. The van der Waals surface area contributed by atoms with Gasteiger partial charge >= 0.3 is 0 Å². The fraction of sp³-hybridized carbons (Fsp3) is 1.00. The highest BCUT2D eigenvalue weighted by Gasteiger charge is 2.39. The van der Waals surface area contributed by atoms with Gasteiger partial charge in [-0.15, -0.1) is 0 Å².